The van der Waals surface area contributed by atoms with Gasteiger partial charge < -0.3 is 4.74 Å². The van der Waals surface area contributed by atoms with Gasteiger partial charge in [-0.2, -0.15) is 25.8 Å². The first-order valence-corrected chi connectivity index (χ1v) is 5.58. The highest BCUT2D eigenvalue weighted by molar-refractivity contribution is 7.80. The largest absolute Gasteiger partial charge is 0.494 e. The first-order valence-electron chi connectivity index (χ1n) is 4.95. The second-order valence-corrected chi connectivity index (χ2v) is 3.75. The van der Waals surface area contributed by atoms with E-state index in [9.17, 15) is 13.2 Å². The van der Waals surface area contributed by atoms with Crippen LogP contribution in [-0.2, 0) is 6.18 Å². The summed E-state index contributed by atoms with van der Waals surface area (Å²) in [6, 6.07) is 4.91. The Balaban J connectivity index is 2.54. The third-order valence-corrected chi connectivity index (χ3v) is 2.30. The molecular formula is C11H13F3OS. The average molecular weight is 250 g/mol. The zero-order valence-corrected chi connectivity index (χ0v) is 9.52. The van der Waals surface area contributed by atoms with Gasteiger partial charge in [0.25, 0.3) is 0 Å². The Morgan fingerprint density at radius 1 is 1.19 bits per heavy atom. The Morgan fingerprint density at radius 2 is 1.94 bits per heavy atom. The van der Waals surface area contributed by atoms with Gasteiger partial charge in [0.15, 0.2) is 0 Å². The van der Waals surface area contributed by atoms with Crippen molar-refractivity contribution in [3.8, 4) is 5.75 Å². The minimum absolute atomic E-state index is 0.258. The number of rotatable bonds is 5. The van der Waals surface area contributed by atoms with E-state index in [1.165, 1.54) is 12.1 Å². The van der Waals surface area contributed by atoms with Crippen LogP contribution in [0, 0.1) is 0 Å². The van der Waals surface area contributed by atoms with E-state index in [1.54, 1.807) is 0 Å². The Morgan fingerprint density at radius 3 is 2.56 bits per heavy atom. The Kier molecular flexibility index (Phi) is 4.99. The number of hydrogen-bond donors (Lipinski definition) is 1. The van der Waals surface area contributed by atoms with Gasteiger partial charge in [-0.1, -0.05) is 6.07 Å². The summed E-state index contributed by atoms with van der Waals surface area (Å²) in [5.74, 6) is 1.01. The maximum Gasteiger partial charge on any atom is 0.416 e. The van der Waals surface area contributed by atoms with Crippen molar-refractivity contribution in [2.75, 3.05) is 12.4 Å². The summed E-state index contributed by atoms with van der Waals surface area (Å²) in [6.07, 6.45) is -2.63. The number of alkyl halides is 3. The lowest BCUT2D eigenvalue weighted by molar-refractivity contribution is -0.137. The van der Waals surface area contributed by atoms with Crippen molar-refractivity contribution in [3.05, 3.63) is 29.8 Å². The van der Waals surface area contributed by atoms with Crippen molar-refractivity contribution < 1.29 is 17.9 Å². The zero-order valence-electron chi connectivity index (χ0n) is 8.63. The predicted octanol–water partition coefficient (Wildman–Crippen LogP) is 3.79. The van der Waals surface area contributed by atoms with Crippen molar-refractivity contribution in [1.29, 1.82) is 0 Å². The van der Waals surface area contributed by atoms with E-state index in [-0.39, 0.29) is 5.75 Å². The van der Waals surface area contributed by atoms with E-state index in [1.807, 2.05) is 0 Å². The Bertz CT molecular complexity index is 325. The minimum atomic E-state index is -4.32. The molecule has 0 spiro atoms. The highest BCUT2D eigenvalue weighted by Gasteiger charge is 2.30. The van der Waals surface area contributed by atoms with Gasteiger partial charge in [0, 0.05) is 0 Å². The van der Waals surface area contributed by atoms with Gasteiger partial charge in [0.2, 0.25) is 0 Å². The van der Waals surface area contributed by atoms with Gasteiger partial charge in [0.1, 0.15) is 5.75 Å². The summed E-state index contributed by atoms with van der Waals surface area (Å²) >= 11 is 4.03. The van der Waals surface area contributed by atoms with Crippen LogP contribution in [0.2, 0.25) is 0 Å². The van der Waals surface area contributed by atoms with Crippen LogP contribution in [0.15, 0.2) is 24.3 Å². The Hall–Kier alpha value is -0.840. The Labute approximate surface area is 98.0 Å². The molecule has 5 heteroatoms. The molecule has 0 N–H and O–H groups in total. The average Bonchev–Trinajstić information content (AvgIpc) is 2.24. The zero-order chi connectivity index (χ0) is 12.0. The van der Waals surface area contributed by atoms with E-state index >= 15 is 0 Å². The van der Waals surface area contributed by atoms with Crippen LogP contribution in [0.4, 0.5) is 13.2 Å². The monoisotopic (exact) mass is 250 g/mol. The summed E-state index contributed by atoms with van der Waals surface area (Å²) in [7, 11) is 0. The molecule has 1 aromatic carbocycles. The van der Waals surface area contributed by atoms with E-state index in [2.05, 4.69) is 12.6 Å². The van der Waals surface area contributed by atoms with Crippen molar-refractivity contribution >= 4 is 12.6 Å². The molecule has 16 heavy (non-hydrogen) atoms. The fourth-order valence-corrected chi connectivity index (χ4v) is 1.39. The predicted molar refractivity (Wildman–Crippen MR) is 60.0 cm³/mol. The van der Waals surface area contributed by atoms with Crippen LogP contribution in [0.1, 0.15) is 18.4 Å². The lowest BCUT2D eigenvalue weighted by Crippen LogP contribution is -2.05. The van der Waals surface area contributed by atoms with Crippen LogP contribution < -0.4 is 4.74 Å². The summed E-state index contributed by atoms with van der Waals surface area (Å²) < 4.78 is 42.2. The normalized spacial score (nSPS) is 11.5. The number of unbranched alkanes of at least 4 members (excludes halogenated alkanes) is 1. The lowest BCUT2D eigenvalue weighted by atomic mass is 10.2. The van der Waals surface area contributed by atoms with E-state index in [0.29, 0.717) is 6.61 Å². The highest BCUT2D eigenvalue weighted by Crippen LogP contribution is 2.31. The maximum absolute atomic E-state index is 12.3. The molecule has 0 unspecified atom stereocenters. The number of halogens is 3. The molecule has 0 amide bonds. The molecule has 1 nitrogen and oxygen atoms in total. The molecule has 0 atom stereocenters. The molecule has 0 radical (unpaired) electrons. The van der Waals surface area contributed by atoms with Crippen LogP contribution in [-0.4, -0.2) is 12.4 Å². The van der Waals surface area contributed by atoms with Crippen LogP contribution in [0.5, 0.6) is 5.75 Å². The minimum Gasteiger partial charge on any atom is -0.494 e. The second kappa shape index (κ2) is 6.03. The standard InChI is InChI=1S/C11H13F3OS/c12-11(13,14)9-4-3-5-10(8-9)15-6-1-2-7-16/h3-5,8,16H,1-2,6-7H2. The molecule has 90 valence electrons. The van der Waals surface area contributed by atoms with Gasteiger partial charge in [-0.05, 0) is 36.8 Å². The first-order chi connectivity index (χ1) is 7.54. The molecule has 0 bridgehead atoms. The van der Waals surface area contributed by atoms with Gasteiger partial charge in [-0.15, -0.1) is 0 Å². The fraction of sp³-hybridized carbons (Fsp3) is 0.455. The number of ether oxygens (including phenoxy) is 1. The van der Waals surface area contributed by atoms with Crippen molar-refractivity contribution in [2.24, 2.45) is 0 Å². The van der Waals surface area contributed by atoms with Crippen molar-refractivity contribution in [2.45, 2.75) is 19.0 Å². The van der Waals surface area contributed by atoms with Crippen LogP contribution in [0.3, 0.4) is 0 Å². The second-order valence-electron chi connectivity index (χ2n) is 3.30. The summed E-state index contributed by atoms with van der Waals surface area (Å²) in [5, 5.41) is 0. The van der Waals surface area contributed by atoms with Crippen LogP contribution in [0.25, 0.3) is 0 Å². The summed E-state index contributed by atoms with van der Waals surface area (Å²) in [6.45, 7) is 0.419. The van der Waals surface area contributed by atoms with Crippen LogP contribution >= 0.6 is 12.6 Å². The molecule has 0 aliphatic rings. The smallest absolute Gasteiger partial charge is 0.416 e. The van der Waals surface area contributed by atoms with Gasteiger partial charge in [-0.25, -0.2) is 0 Å². The molecule has 0 saturated carbocycles. The molecule has 1 rings (SSSR count). The first kappa shape index (κ1) is 13.2. The molecule has 0 heterocycles. The van der Waals surface area contributed by atoms with Gasteiger partial charge in [-0.3, -0.25) is 0 Å². The molecule has 1 aromatic rings. The summed E-state index contributed by atoms with van der Waals surface area (Å²) in [5.41, 5.74) is -0.681. The number of benzene rings is 1. The van der Waals surface area contributed by atoms with Crippen molar-refractivity contribution in [3.63, 3.8) is 0 Å². The number of thiol groups is 1. The summed E-state index contributed by atoms with van der Waals surface area (Å²) in [4.78, 5) is 0. The number of hydrogen-bond acceptors (Lipinski definition) is 2. The van der Waals surface area contributed by atoms with E-state index in [0.717, 1.165) is 30.7 Å². The topological polar surface area (TPSA) is 9.23 Å². The van der Waals surface area contributed by atoms with Gasteiger partial charge >= 0.3 is 6.18 Å². The molecule has 0 aliphatic carbocycles. The lowest BCUT2D eigenvalue weighted by Gasteiger charge is -2.09. The quantitative estimate of drug-likeness (QED) is 0.618. The highest BCUT2D eigenvalue weighted by atomic mass is 32.1. The maximum atomic E-state index is 12.3. The third kappa shape index (κ3) is 4.35. The molecule has 0 saturated heterocycles. The molecular weight excluding hydrogens is 237 g/mol. The third-order valence-electron chi connectivity index (χ3n) is 1.98. The molecule has 0 aliphatic heterocycles. The SMILES string of the molecule is FC(F)(F)c1cccc(OCCCCS)c1. The van der Waals surface area contributed by atoms with E-state index < -0.39 is 11.7 Å². The van der Waals surface area contributed by atoms with E-state index in [4.69, 9.17) is 4.74 Å². The van der Waals surface area contributed by atoms with Gasteiger partial charge in [0.05, 0.1) is 12.2 Å². The molecule has 0 fully saturated rings. The van der Waals surface area contributed by atoms with Crippen molar-refractivity contribution in [1.82, 2.24) is 0 Å². The molecule has 0 aromatic heterocycles. The fourth-order valence-electron chi connectivity index (χ4n) is 1.17.